The minimum absolute atomic E-state index is 0.0847. The van der Waals surface area contributed by atoms with Crippen molar-refractivity contribution in [3.05, 3.63) is 29.8 Å². The van der Waals surface area contributed by atoms with Crippen molar-refractivity contribution < 1.29 is 26.7 Å². The van der Waals surface area contributed by atoms with Gasteiger partial charge in [-0.3, -0.25) is 0 Å². The van der Waals surface area contributed by atoms with Crippen LogP contribution in [0.2, 0.25) is 0 Å². The average molecular weight is 281 g/mol. The zero-order valence-corrected chi connectivity index (χ0v) is 9.87. The summed E-state index contributed by atoms with van der Waals surface area (Å²) in [4.78, 5) is -0.413. The first-order valence-corrected chi connectivity index (χ1v) is 6.51. The summed E-state index contributed by atoms with van der Waals surface area (Å²) in [5.41, 5.74) is -1.01. The Kier molecular flexibility index (Phi) is 3.12. The number of alkyl halides is 3. The summed E-state index contributed by atoms with van der Waals surface area (Å²) in [6.45, 7) is -0.169. The summed E-state index contributed by atoms with van der Waals surface area (Å²) in [6, 6.07) is 3.56. The SMILES string of the molecule is O=S(=O)(c1cccc(C(F)(F)F)c1)N1CC(O)C1. The zero-order chi connectivity index (χ0) is 13.6. The fourth-order valence-electron chi connectivity index (χ4n) is 1.59. The fraction of sp³-hybridized carbons (Fsp3) is 0.400. The maximum Gasteiger partial charge on any atom is 0.416 e. The van der Waals surface area contributed by atoms with E-state index in [0.29, 0.717) is 6.07 Å². The summed E-state index contributed by atoms with van der Waals surface area (Å²) in [5.74, 6) is 0. The second kappa shape index (κ2) is 4.22. The number of aliphatic hydroxyl groups is 1. The van der Waals surface area contributed by atoms with Crippen LogP contribution in [0.15, 0.2) is 29.2 Å². The number of rotatable bonds is 2. The number of benzene rings is 1. The van der Waals surface area contributed by atoms with Gasteiger partial charge in [0.1, 0.15) is 0 Å². The standard InChI is InChI=1S/C10H10F3NO3S/c11-10(12,13)7-2-1-3-9(4-7)18(16,17)14-5-8(15)6-14/h1-4,8,15H,5-6H2. The zero-order valence-electron chi connectivity index (χ0n) is 9.05. The van der Waals surface area contributed by atoms with Crippen LogP contribution in [0.4, 0.5) is 13.2 Å². The van der Waals surface area contributed by atoms with Crippen LogP contribution < -0.4 is 0 Å². The summed E-state index contributed by atoms with van der Waals surface area (Å²) in [6.07, 6.45) is -5.33. The highest BCUT2D eigenvalue weighted by Gasteiger charge is 2.37. The molecule has 1 N–H and O–H groups in total. The Hall–Kier alpha value is -1.12. The molecule has 0 unspecified atom stereocenters. The Balaban J connectivity index is 2.34. The second-order valence-corrected chi connectivity index (χ2v) is 5.94. The van der Waals surface area contributed by atoms with Crippen molar-refractivity contribution in [2.75, 3.05) is 13.1 Å². The maximum absolute atomic E-state index is 12.5. The first kappa shape index (κ1) is 13.3. The third-order valence-electron chi connectivity index (χ3n) is 2.63. The molecular formula is C10H10F3NO3S. The Morgan fingerprint density at radius 2 is 1.89 bits per heavy atom. The third-order valence-corrected chi connectivity index (χ3v) is 4.46. The van der Waals surface area contributed by atoms with Gasteiger partial charge in [0.25, 0.3) is 0 Å². The predicted molar refractivity (Wildman–Crippen MR) is 56.2 cm³/mol. The minimum Gasteiger partial charge on any atom is -0.390 e. The number of halogens is 3. The molecule has 1 saturated heterocycles. The van der Waals surface area contributed by atoms with Gasteiger partial charge in [-0.1, -0.05) is 6.07 Å². The van der Waals surface area contributed by atoms with E-state index in [2.05, 4.69) is 0 Å². The van der Waals surface area contributed by atoms with Crippen molar-refractivity contribution in [2.24, 2.45) is 0 Å². The molecule has 2 rings (SSSR count). The molecule has 1 aliphatic heterocycles. The van der Waals surface area contributed by atoms with Gasteiger partial charge in [-0.25, -0.2) is 8.42 Å². The number of β-amino-alcohol motifs (C(OH)–C–C–N with tert-alkyl or cyclic N) is 1. The van der Waals surface area contributed by atoms with Gasteiger partial charge < -0.3 is 5.11 Å². The van der Waals surface area contributed by atoms with E-state index in [4.69, 9.17) is 5.11 Å². The molecular weight excluding hydrogens is 271 g/mol. The van der Waals surface area contributed by atoms with Crippen LogP contribution >= 0.6 is 0 Å². The van der Waals surface area contributed by atoms with Crippen LogP contribution in [0.5, 0.6) is 0 Å². The quantitative estimate of drug-likeness (QED) is 0.882. The van der Waals surface area contributed by atoms with E-state index in [9.17, 15) is 21.6 Å². The maximum atomic E-state index is 12.5. The largest absolute Gasteiger partial charge is 0.416 e. The lowest BCUT2D eigenvalue weighted by atomic mass is 10.2. The molecule has 0 spiro atoms. The number of hydrogen-bond donors (Lipinski definition) is 1. The number of aliphatic hydroxyl groups excluding tert-OH is 1. The van der Waals surface area contributed by atoms with Crippen molar-refractivity contribution in [3.63, 3.8) is 0 Å². The van der Waals surface area contributed by atoms with Crippen LogP contribution in [0.25, 0.3) is 0 Å². The van der Waals surface area contributed by atoms with Crippen molar-refractivity contribution in [1.29, 1.82) is 0 Å². The molecule has 0 aromatic heterocycles. The average Bonchev–Trinajstić information content (AvgIpc) is 2.24. The Morgan fingerprint density at radius 3 is 2.39 bits per heavy atom. The summed E-state index contributed by atoms with van der Waals surface area (Å²) >= 11 is 0. The van der Waals surface area contributed by atoms with Crippen LogP contribution in [0, 0.1) is 0 Å². The molecule has 1 aromatic rings. The molecule has 1 fully saturated rings. The molecule has 0 bridgehead atoms. The highest BCUT2D eigenvalue weighted by atomic mass is 32.2. The lowest BCUT2D eigenvalue weighted by Crippen LogP contribution is -2.53. The fourth-order valence-corrected chi connectivity index (χ4v) is 3.16. The molecule has 8 heteroatoms. The number of hydrogen-bond acceptors (Lipinski definition) is 3. The molecule has 0 amide bonds. The van der Waals surface area contributed by atoms with Gasteiger partial charge in [0.15, 0.2) is 0 Å². The predicted octanol–water partition coefficient (Wildman–Crippen LogP) is 1.07. The van der Waals surface area contributed by atoms with Crippen molar-refractivity contribution >= 4 is 10.0 Å². The van der Waals surface area contributed by atoms with E-state index in [0.717, 1.165) is 22.5 Å². The number of sulfonamides is 1. The van der Waals surface area contributed by atoms with Crippen molar-refractivity contribution in [3.8, 4) is 0 Å². The molecule has 1 aromatic carbocycles. The highest BCUT2D eigenvalue weighted by molar-refractivity contribution is 7.89. The summed E-state index contributed by atoms with van der Waals surface area (Å²) < 4.78 is 62.1. The van der Waals surface area contributed by atoms with Gasteiger partial charge in [0, 0.05) is 13.1 Å². The van der Waals surface area contributed by atoms with E-state index in [1.807, 2.05) is 0 Å². The molecule has 0 radical (unpaired) electrons. The molecule has 0 atom stereocenters. The molecule has 1 heterocycles. The highest BCUT2D eigenvalue weighted by Crippen LogP contribution is 2.31. The number of nitrogens with zero attached hydrogens (tertiary/aromatic N) is 1. The van der Waals surface area contributed by atoms with Crippen LogP contribution in [0.1, 0.15) is 5.56 Å². The van der Waals surface area contributed by atoms with Crippen molar-refractivity contribution in [1.82, 2.24) is 4.31 Å². The molecule has 18 heavy (non-hydrogen) atoms. The van der Waals surface area contributed by atoms with Gasteiger partial charge >= 0.3 is 6.18 Å². The molecule has 0 aliphatic carbocycles. The van der Waals surface area contributed by atoms with Gasteiger partial charge in [-0.2, -0.15) is 17.5 Å². The third kappa shape index (κ3) is 2.36. The molecule has 4 nitrogen and oxygen atoms in total. The molecule has 0 saturated carbocycles. The lowest BCUT2D eigenvalue weighted by molar-refractivity contribution is -0.137. The Bertz CT molecular complexity index is 550. The Labute approximate surface area is 102 Å². The van der Waals surface area contributed by atoms with Crippen LogP contribution in [-0.4, -0.2) is 37.0 Å². The van der Waals surface area contributed by atoms with Crippen LogP contribution in [-0.2, 0) is 16.2 Å². The van der Waals surface area contributed by atoms with Crippen molar-refractivity contribution in [2.45, 2.75) is 17.2 Å². The molecule has 1 aliphatic rings. The summed E-state index contributed by atoms with van der Waals surface area (Å²) in [5, 5.41) is 9.03. The normalized spacial score (nSPS) is 18.7. The van der Waals surface area contributed by atoms with Gasteiger partial charge in [0.05, 0.1) is 16.6 Å². The Morgan fingerprint density at radius 1 is 1.28 bits per heavy atom. The van der Waals surface area contributed by atoms with E-state index in [-0.39, 0.29) is 13.1 Å². The summed E-state index contributed by atoms with van der Waals surface area (Å²) in [7, 11) is -3.94. The topological polar surface area (TPSA) is 57.6 Å². The van der Waals surface area contributed by atoms with E-state index >= 15 is 0 Å². The van der Waals surface area contributed by atoms with E-state index < -0.39 is 32.8 Å². The van der Waals surface area contributed by atoms with Gasteiger partial charge in [-0.15, -0.1) is 0 Å². The van der Waals surface area contributed by atoms with E-state index in [1.54, 1.807) is 0 Å². The first-order valence-electron chi connectivity index (χ1n) is 5.07. The smallest absolute Gasteiger partial charge is 0.390 e. The monoisotopic (exact) mass is 281 g/mol. The van der Waals surface area contributed by atoms with Crippen LogP contribution in [0.3, 0.4) is 0 Å². The van der Waals surface area contributed by atoms with Gasteiger partial charge in [-0.05, 0) is 18.2 Å². The lowest BCUT2D eigenvalue weighted by Gasteiger charge is -2.34. The minimum atomic E-state index is -4.58. The van der Waals surface area contributed by atoms with Gasteiger partial charge in [0.2, 0.25) is 10.0 Å². The second-order valence-electron chi connectivity index (χ2n) is 4.00. The first-order chi connectivity index (χ1) is 8.21. The molecule has 100 valence electrons. The van der Waals surface area contributed by atoms with E-state index in [1.165, 1.54) is 0 Å².